The van der Waals surface area contributed by atoms with Crippen molar-refractivity contribution < 1.29 is 9.90 Å². The number of rotatable bonds is 1. The maximum absolute atomic E-state index is 9.36. The Morgan fingerprint density at radius 2 is 1.83 bits per heavy atom. The SMILES string of the molecule is C=C(Cl)C([O])=O. The molecule has 6 heavy (non-hydrogen) atoms. The van der Waals surface area contributed by atoms with E-state index in [4.69, 9.17) is 11.6 Å². The molecular weight excluding hydrogens is 103 g/mol. The van der Waals surface area contributed by atoms with Crippen LogP contribution in [-0.2, 0) is 9.90 Å². The van der Waals surface area contributed by atoms with Gasteiger partial charge in [-0.3, -0.25) is 0 Å². The standard InChI is InChI=1S/C3H2ClO2/c1-2(4)3(5)6/h1H2. The highest BCUT2D eigenvalue weighted by Gasteiger charge is 1.97. The first-order valence-electron chi connectivity index (χ1n) is 1.20. The fourth-order valence-electron chi connectivity index (χ4n) is 0. The van der Waals surface area contributed by atoms with Gasteiger partial charge in [-0.2, -0.15) is 0 Å². The molecule has 2 nitrogen and oxygen atoms in total. The minimum Gasteiger partial charge on any atom is -0.240 e. The molecule has 0 aliphatic heterocycles. The molecule has 0 heterocycles. The van der Waals surface area contributed by atoms with Gasteiger partial charge in [-0.15, -0.1) is 0 Å². The van der Waals surface area contributed by atoms with Gasteiger partial charge in [0.25, 0.3) is 0 Å². The molecule has 33 valence electrons. The molecule has 0 N–H and O–H groups in total. The average molecular weight is 105 g/mol. The van der Waals surface area contributed by atoms with Gasteiger partial charge in [-0.05, 0) is 0 Å². The maximum atomic E-state index is 9.36. The Morgan fingerprint density at radius 1 is 1.67 bits per heavy atom. The summed E-state index contributed by atoms with van der Waals surface area (Å²) in [6.45, 7) is 2.86. The molecular formula is C3H2ClO2. The monoisotopic (exact) mass is 105 g/mol. The molecule has 0 amide bonds. The molecule has 0 bridgehead atoms. The zero-order chi connectivity index (χ0) is 5.15. The largest absolute Gasteiger partial charge is 0.396 e. The van der Waals surface area contributed by atoms with Crippen LogP contribution in [0.4, 0.5) is 0 Å². The Bertz CT molecular complexity index is 74.8. The topological polar surface area (TPSA) is 37.0 Å². The van der Waals surface area contributed by atoms with Crippen molar-refractivity contribution in [3.05, 3.63) is 11.6 Å². The van der Waals surface area contributed by atoms with Crippen LogP contribution in [0, 0.1) is 0 Å². The third kappa shape index (κ3) is 1.79. The summed E-state index contributed by atoms with van der Waals surface area (Å²) in [5.74, 6) is -1.42. The summed E-state index contributed by atoms with van der Waals surface area (Å²) in [6, 6.07) is 0. The summed E-state index contributed by atoms with van der Waals surface area (Å²) in [7, 11) is 0. The molecule has 0 fully saturated rings. The normalized spacial score (nSPS) is 7.50. The van der Waals surface area contributed by atoms with Crippen molar-refractivity contribution in [1.82, 2.24) is 0 Å². The first-order chi connectivity index (χ1) is 2.64. The smallest absolute Gasteiger partial charge is 0.240 e. The second-order valence-corrected chi connectivity index (χ2v) is 1.15. The molecule has 0 aromatic heterocycles. The fraction of sp³-hybridized carbons (Fsp3) is 0. The van der Waals surface area contributed by atoms with Gasteiger partial charge in [0.2, 0.25) is 0 Å². The molecule has 0 spiro atoms. The molecule has 0 saturated carbocycles. The molecule has 0 unspecified atom stereocenters. The lowest BCUT2D eigenvalue weighted by atomic mass is 10.7. The quantitative estimate of drug-likeness (QED) is 0.452. The van der Waals surface area contributed by atoms with Crippen LogP contribution >= 0.6 is 11.6 Å². The van der Waals surface area contributed by atoms with Crippen LogP contribution < -0.4 is 0 Å². The van der Waals surface area contributed by atoms with E-state index in [0.717, 1.165) is 0 Å². The number of halogens is 1. The van der Waals surface area contributed by atoms with Crippen LogP contribution in [0.5, 0.6) is 0 Å². The van der Waals surface area contributed by atoms with Crippen molar-refractivity contribution in [3.63, 3.8) is 0 Å². The molecule has 0 rings (SSSR count). The van der Waals surface area contributed by atoms with Crippen molar-refractivity contribution in [2.24, 2.45) is 0 Å². The first-order valence-corrected chi connectivity index (χ1v) is 1.58. The summed E-state index contributed by atoms with van der Waals surface area (Å²) in [4.78, 5) is 9.36. The van der Waals surface area contributed by atoms with Crippen LogP contribution in [0.25, 0.3) is 0 Å². The predicted octanol–water partition coefficient (Wildman–Crippen LogP) is 0.696. The lowest BCUT2D eigenvalue weighted by Gasteiger charge is -1.71. The van der Waals surface area contributed by atoms with E-state index >= 15 is 0 Å². The number of carbonyl (C=O) groups excluding carboxylic acids is 1. The van der Waals surface area contributed by atoms with Gasteiger partial charge < -0.3 is 0 Å². The van der Waals surface area contributed by atoms with Crippen molar-refractivity contribution >= 4 is 17.6 Å². The zero-order valence-electron chi connectivity index (χ0n) is 2.90. The summed E-state index contributed by atoms with van der Waals surface area (Å²) in [5.41, 5.74) is 0. The molecule has 1 radical (unpaired) electrons. The fourth-order valence-corrected chi connectivity index (χ4v) is 0. The molecule has 3 heteroatoms. The van der Waals surface area contributed by atoms with Gasteiger partial charge in [0.15, 0.2) is 0 Å². The van der Waals surface area contributed by atoms with Gasteiger partial charge in [-0.25, -0.2) is 9.90 Å². The van der Waals surface area contributed by atoms with Crippen molar-refractivity contribution in [1.29, 1.82) is 0 Å². The third-order valence-electron chi connectivity index (χ3n) is 0.221. The minimum atomic E-state index is -1.42. The highest BCUT2D eigenvalue weighted by Crippen LogP contribution is 1.93. The summed E-state index contributed by atoms with van der Waals surface area (Å²) in [6.07, 6.45) is 0. The molecule has 0 aliphatic carbocycles. The zero-order valence-corrected chi connectivity index (χ0v) is 3.66. The van der Waals surface area contributed by atoms with Crippen molar-refractivity contribution in [2.75, 3.05) is 0 Å². The summed E-state index contributed by atoms with van der Waals surface area (Å²) >= 11 is 4.76. The number of hydrogen-bond acceptors (Lipinski definition) is 1. The van der Waals surface area contributed by atoms with Gasteiger partial charge in [0.1, 0.15) is 5.03 Å². The van der Waals surface area contributed by atoms with Crippen LogP contribution in [0.2, 0.25) is 0 Å². The average Bonchev–Trinajstić information content (AvgIpc) is 1.36. The van der Waals surface area contributed by atoms with Gasteiger partial charge in [-0.1, -0.05) is 18.2 Å². The highest BCUT2D eigenvalue weighted by atomic mass is 35.5. The summed E-state index contributed by atoms with van der Waals surface area (Å²) < 4.78 is 0. The van der Waals surface area contributed by atoms with Gasteiger partial charge >= 0.3 is 5.97 Å². The van der Waals surface area contributed by atoms with E-state index in [1.54, 1.807) is 0 Å². The minimum absolute atomic E-state index is 0.463. The Labute approximate surface area is 40.0 Å². The van der Waals surface area contributed by atoms with E-state index in [-0.39, 0.29) is 0 Å². The molecule has 0 saturated heterocycles. The van der Waals surface area contributed by atoms with E-state index in [1.165, 1.54) is 0 Å². The van der Waals surface area contributed by atoms with E-state index in [1.807, 2.05) is 0 Å². The lowest BCUT2D eigenvalue weighted by Crippen LogP contribution is -1.86. The number of hydrogen-bond donors (Lipinski definition) is 0. The highest BCUT2D eigenvalue weighted by molar-refractivity contribution is 6.40. The van der Waals surface area contributed by atoms with Crippen LogP contribution in [0.1, 0.15) is 0 Å². The maximum Gasteiger partial charge on any atom is 0.396 e. The molecule has 0 atom stereocenters. The van der Waals surface area contributed by atoms with E-state index in [0.29, 0.717) is 0 Å². The Kier molecular flexibility index (Phi) is 1.67. The second kappa shape index (κ2) is 1.82. The predicted molar refractivity (Wildman–Crippen MR) is 20.7 cm³/mol. The molecule has 0 aliphatic rings. The van der Waals surface area contributed by atoms with Gasteiger partial charge in [0, 0.05) is 0 Å². The van der Waals surface area contributed by atoms with Gasteiger partial charge in [0.05, 0.1) is 0 Å². The number of carbonyl (C=O) groups is 1. The van der Waals surface area contributed by atoms with Crippen molar-refractivity contribution in [3.8, 4) is 0 Å². The van der Waals surface area contributed by atoms with Crippen LogP contribution in [-0.4, -0.2) is 5.97 Å². The van der Waals surface area contributed by atoms with E-state index in [9.17, 15) is 9.90 Å². The summed E-state index contributed by atoms with van der Waals surface area (Å²) in [5, 5.41) is 8.89. The van der Waals surface area contributed by atoms with E-state index in [2.05, 4.69) is 6.58 Å². The third-order valence-corrected chi connectivity index (χ3v) is 0.376. The van der Waals surface area contributed by atoms with Crippen LogP contribution in [0.3, 0.4) is 0 Å². The Morgan fingerprint density at radius 3 is 1.83 bits per heavy atom. The second-order valence-electron chi connectivity index (χ2n) is 0.692. The Hall–Kier alpha value is -0.500. The Balaban J connectivity index is 3.57. The van der Waals surface area contributed by atoms with Crippen molar-refractivity contribution in [2.45, 2.75) is 0 Å². The lowest BCUT2D eigenvalue weighted by molar-refractivity contribution is -0.137. The van der Waals surface area contributed by atoms with E-state index < -0.39 is 11.0 Å². The molecule has 0 aromatic rings. The first kappa shape index (κ1) is 5.50. The van der Waals surface area contributed by atoms with Crippen LogP contribution in [0.15, 0.2) is 11.6 Å². The molecule has 0 aromatic carbocycles.